The lowest BCUT2D eigenvalue weighted by molar-refractivity contribution is -0.143. The van der Waals surface area contributed by atoms with Crippen molar-refractivity contribution in [2.45, 2.75) is 47.1 Å². The minimum atomic E-state index is -0.515. The first kappa shape index (κ1) is 13.4. The van der Waals surface area contributed by atoms with Gasteiger partial charge in [-0.25, -0.2) is 0 Å². The molecule has 0 aliphatic heterocycles. The van der Waals surface area contributed by atoms with Crippen LogP contribution in [0.25, 0.3) is 0 Å². The van der Waals surface area contributed by atoms with E-state index in [1.807, 2.05) is 46.4 Å². The summed E-state index contributed by atoms with van der Waals surface area (Å²) < 4.78 is 0. The van der Waals surface area contributed by atoms with Gasteiger partial charge in [-0.1, -0.05) is 0 Å². The van der Waals surface area contributed by atoms with Crippen molar-refractivity contribution < 1.29 is 4.79 Å². The van der Waals surface area contributed by atoms with Gasteiger partial charge >= 0.3 is 0 Å². The van der Waals surface area contributed by atoms with E-state index in [9.17, 15) is 4.79 Å². The Balaban J connectivity index is 4.83. The molecule has 84 valence electrons. The number of carbonyl (C=O) groups is 1. The molecule has 0 heterocycles. The van der Waals surface area contributed by atoms with Crippen molar-refractivity contribution in [1.29, 1.82) is 0 Å². The summed E-state index contributed by atoms with van der Waals surface area (Å²) in [7, 11) is 0. The van der Waals surface area contributed by atoms with E-state index in [2.05, 4.69) is 0 Å². The van der Waals surface area contributed by atoms with Crippen molar-refractivity contribution in [3.8, 4) is 0 Å². The molecule has 3 nitrogen and oxygen atoms in total. The molecule has 0 bridgehead atoms. The molecule has 1 amide bonds. The van der Waals surface area contributed by atoms with Gasteiger partial charge in [0, 0.05) is 18.6 Å². The molecule has 14 heavy (non-hydrogen) atoms. The van der Waals surface area contributed by atoms with Gasteiger partial charge < -0.3 is 10.6 Å². The average Bonchev–Trinajstić information content (AvgIpc) is 2.04. The van der Waals surface area contributed by atoms with Crippen LogP contribution in [0.15, 0.2) is 0 Å². The zero-order valence-corrected chi connectivity index (χ0v) is 10.3. The fourth-order valence-electron chi connectivity index (χ4n) is 1.18. The fraction of sp³-hybridized carbons (Fsp3) is 0.909. The molecule has 3 heteroatoms. The predicted octanol–water partition coefficient (Wildman–Crippen LogP) is 1.62. The van der Waals surface area contributed by atoms with E-state index in [1.54, 1.807) is 0 Å². The Hall–Kier alpha value is -0.570. The molecule has 0 spiro atoms. The van der Waals surface area contributed by atoms with Crippen LogP contribution in [0.4, 0.5) is 0 Å². The van der Waals surface area contributed by atoms with E-state index in [4.69, 9.17) is 5.73 Å². The fourth-order valence-corrected chi connectivity index (χ4v) is 1.18. The molecule has 0 aromatic carbocycles. The number of rotatable bonds is 4. The molecular formula is C11H24N2O. The van der Waals surface area contributed by atoms with Gasteiger partial charge in [-0.05, 0) is 41.5 Å². The zero-order valence-electron chi connectivity index (χ0n) is 10.3. The molecule has 0 radical (unpaired) electrons. The molecule has 0 rings (SSSR count). The number of nitrogens with zero attached hydrogens (tertiary/aromatic N) is 1. The molecule has 0 saturated heterocycles. The van der Waals surface area contributed by atoms with Crippen LogP contribution in [-0.2, 0) is 4.79 Å². The van der Waals surface area contributed by atoms with Crippen LogP contribution < -0.4 is 5.73 Å². The summed E-state index contributed by atoms with van der Waals surface area (Å²) in [5, 5.41) is 0. The molecule has 0 aliphatic carbocycles. The minimum absolute atomic E-state index is 0.134. The summed E-state index contributed by atoms with van der Waals surface area (Å²) in [5.41, 5.74) is 5.01. The van der Waals surface area contributed by atoms with Crippen LogP contribution in [0.5, 0.6) is 0 Å². The summed E-state index contributed by atoms with van der Waals surface area (Å²) in [6.07, 6.45) is 0. The predicted molar refractivity (Wildman–Crippen MR) is 60.0 cm³/mol. The smallest absolute Gasteiger partial charge is 0.230 e. The molecule has 0 atom stereocenters. The molecule has 0 aliphatic rings. The lowest BCUT2D eigenvalue weighted by atomic mass is 9.74. The Bertz CT molecular complexity index is 200. The second kappa shape index (κ2) is 4.30. The first-order chi connectivity index (χ1) is 6.18. The molecule has 0 aromatic rings. The quantitative estimate of drug-likeness (QED) is 0.749. The highest BCUT2D eigenvalue weighted by atomic mass is 16.2. The van der Waals surface area contributed by atoms with Crippen LogP contribution >= 0.6 is 0 Å². The van der Waals surface area contributed by atoms with Crippen LogP contribution in [0.2, 0.25) is 0 Å². The number of amides is 1. The molecule has 0 aromatic heterocycles. The molecule has 0 saturated carbocycles. The van der Waals surface area contributed by atoms with Gasteiger partial charge in [0.05, 0.1) is 5.41 Å². The number of carbonyl (C=O) groups excluding carboxylic acids is 1. The summed E-state index contributed by atoms with van der Waals surface area (Å²) in [6.45, 7) is 13.1. The van der Waals surface area contributed by atoms with Crippen molar-refractivity contribution in [3.63, 3.8) is 0 Å². The van der Waals surface area contributed by atoms with Crippen LogP contribution in [0.3, 0.4) is 0 Å². The first-order valence-electron chi connectivity index (χ1n) is 5.26. The normalized spacial score (nSPS) is 12.8. The van der Waals surface area contributed by atoms with Gasteiger partial charge in [-0.2, -0.15) is 0 Å². The SMILES string of the molecule is CCN(CC)C(=O)C(C)(C)C(C)(C)N. The van der Waals surface area contributed by atoms with E-state index in [-0.39, 0.29) is 5.91 Å². The van der Waals surface area contributed by atoms with Gasteiger partial charge in [0.25, 0.3) is 0 Å². The van der Waals surface area contributed by atoms with E-state index in [0.29, 0.717) is 0 Å². The molecule has 0 unspecified atom stereocenters. The Morgan fingerprint density at radius 3 is 1.71 bits per heavy atom. The highest BCUT2D eigenvalue weighted by Crippen LogP contribution is 2.30. The van der Waals surface area contributed by atoms with E-state index in [1.165, 1.54) is 0 Å². The summed E-state index contributed by atoms with van der Waals surface area (Å²) in [4.78, 5) is 13.9. The van der Waals surface area contributed by atoms with E-state index in [0.717, 1.165) is 13.1 Å². The topological polar surface area (TPSA) is 46.3 Å². The van der Waals surface area contributed by atoms with Crippen molar-refractivity contribution >= 4 is 5.91 Å². The van der Waals surface area contributed by atoms with Crippen molar-refractivity contribution in [3.05, 3.63) is 0 Å². The van der Waals surface area contributed by atoms with Crippen molar-refractivity contribution in [2.24, 2.45) is 11.1 Å². The van der Waals surface area contributed by atoms with Gasteiger partial charge in [-0.15, -0.1) is 0 Å². The maximum atomic E-state index is 12.1. The Kier molecular flexibility index (Phi) is 4.13. The van der Waals surface area contributed by atoms with Crippen molar-refractivity contribution in [1.82, 2.24) is 4.90 Å². The largest absolute Gasteiger partial charge is 0.343 e. The molecule has 0 fully saturated rings. The van der Waals surface area contributed by atoms with Crippen LogP contribution in [0, 0.1) is 5.41 Å². The summed E-state index contributed by atoms with van der Waals surface area (Å²) >= 11 is 0. The maximum absolute atomic E-state index is 12.1. The number of hydrogen-bond acceptors (Lipinski definition) is 2. The monoisotopic (exact) mass is 200 g/mol. The summed E-state index contributed by atoms with van der Waals surface area (Å²) in [6, 6.07) is 0. The Labute approximate surface area is 87.6 Å². The van der Waals surface area contributed by atoms with Gasteiger partial charge in [0.15, 0.2) is 0 Å². The molecular weight excluding hydrogens is 176 g/mol. The lowest BCUT2D eigenvalue weighted by Gasteiger charge is -2.40. The average molecular weight is 200 g/mol. The minimum Gasteiger partial charge on any atom is -0.343 e. The summed E-state index contributed by atoms with van der Waals surface area (Å²) in [5.74, 6) is 0.134. The van der Waals surface area contributed by atoms with E-state index < -0.39 is 11.0 Å². The van der Waals surface area contributed by atoms with Gasteiger partial charge in [0.2, 0.25) is 5.91 Å². The highest BCUT2D eigenvalue weighted by Gasteiger charge is 2.42. The third-order valence-electron chi connectivity index (χ3n) is 3.20. The third-order valence-corrected chi connectivity index (χ3v) is 3.20. The molecule has 2 N–H and O–H groups in total. The zero-order chi connectivity index (χ0) is 11.6. The highest BCUT2D eigenvalue weighted by molar-refractivity contribution is 5.83. The second-order valence-electron chi connectivity index (χ2n) is 4.82. The lowest BCUT2D eigenvalue weighted by Crippen LogP contribution is -2.56. The first-order valence-corrected chi connectivity index (χ1v) is 5.26. The van der Waals surface area contributed by atoms with Crippen LogP contribution in [0.1, 0.15) is 41.5 Å². The Morgan fingerprint density at radius 2 is 1.50 bits per heavy atom. The van der Waals surface area contributed by atoms with Crippen molar-refractivity contribution in [2.75, 3.05) is 13.1 Å². The number of hydrogen-bond donors (Lipinski definition) is 1. The van der Waals surface area contributed by atoms with Crippen LogP contribution in [-0.4, -0.2) is 29.4 Å². The maximum Gasteiger partial charge on any atom is 0.230 e. The van der Waals surface area contributed by atoms with Gasteiger partial charge in [0.1, 0.15) is 0 Å². The van der Waals surface area contributed by atoms with Gasteiger partial charge in [-0.3, -0.25) is 4.79 Å². The number of nitrogens with two attached hydrogens (primary N) is 1. The Morgan fingerprint density at radius 1 is 1.14 bits per heavy atom. The van der Waals surface area contributed by atoms with E-state index >= 15 is 0 Å². The standard InChI is InChI=1S/C11H24N2O/c1-7-13(8-2)9(14)10(3,4)11(5,6)12/h7-8,12H2,1-6H3. The third kappa shape index (κ3) is 2.47. The second-order valence-corrected chi connectivity index (χ2v) is 4.82.